The van der Waals surface area contributed by atoms with Crippen molar-refractivity contribution in [2.75, 3.05) is 19.6 Å². The first kappa shape index (κ1) is 93.2. The van der Waals surface area contributed by atoms with Crippen LogP contribution in [0.1, 0.15) is 96.2 Å². The Kier molecular flexibility index (Phi) is 24.7. The zero-order valence-corrected chi connectivity index (χ0v) is 85.9. The summed E-state index contributed by atoms with van der Waals surface area (Å²) < 4.78 is 0. The van der Waals surface area contributed by atoms with Crippen molar-refractivity contribution in [3.05, 3.63) is 529 Å². The van der Waals surface area contributed by atoms with Crippen LogP contribution >= 0.6 is 0 Å². The summed E-state index contributed by atoms with van der Waals surface area (Å²) in [6, 6.07) is 177. The molecule has 0 saturated carbocycles. The molecule has 0 N–H and O–H groups in total. The number of hydrogen-bond donors (Lipinski definition) is 0. The molecule has 0 amide bonds. The largest absolute Gasteiger partial charge is 0.310 e. The average Bonchev–Trinajstić information content (AvgIpc) is 0.721. The molecule has 4 heteroatoms. The van der Waals surface area contributed by atoms with E-state index in [0.717, 1.165) is 56.9 Å². The Balaban J connectivity index is 0.000000162. The molecule has 0 bridgehead atoms. The molecule has 0 aliphatic rings. The van der Waals surface area contributed by atoms with Gasteiger partial charge in [-0.05, 0) is 354 Å². The predicted octanol–water partition coefficient (Wildman–Crippen LogP) is 41.3. The van der Waals surface area contributed by atoms with Crippen LogP contribution < -0.4 is 19.6 Å². The SMILES string of the molecule is Cc1ccc(-c2cc(-c3ccccc3)cc(N(c3c(C)cccc3C)c3ccc4ccc5c(N(c6cc(-c7ccccc7)cc(-c7ccc(C)cc7)c6)c6c(C)cccc6C)ccc6ccc3c4c65)c2)cc1.Cc1ccc(-c2cc(-c3ccccc3)cc(N(c3ccc(C(C)C)cc3)c3ccc4ccc5c(N(c6ccc(C(C)(C)C)cc6)c6cc(-c7ccccc7)cc(-c7ccc(C)cc7)c6)ccc6ccc3c4c65)c2)cc1. The van der Waals surface area contributed by atoms with E-state index in [1.165, 1.54) is 221 Å². The highest BCUT2D eigenvalue weighted by atomic mass is 15.2. The highest BCUT2D eigenvalue weighted by molar-refractivity contribution is 6.30. The van der Waals surface area contributed by atoms with Crippen LogP contribution in [0.2, 0.25) is 0 Å². The van der Waals surface area contributed by atoms with E-state index < -0.39 is 0 Å². The summed E-state index contributed by atoms with van der Waals surface area (Å²) in [5, 5.41) is 14.7. The van der Waals surface area contributed by atoms with E-state index in [-0.39, 0.29) is 5.41 Å². The van der Waals surface area contributed by atoms with E-state index in [0.29, 0.717) is 5.92 Å². The Bertz CT molecular complexity index is 8690. The number of rotatable bonds is 21. The van der Waals surface area contributed by atoms with E-state index >= 15 is 0 Å². The van der Waals surface area contributed by atoms with Gasteiger partial charge in [0.2, 0.25) is 0 Å². The van der Waals surface area contributed by atoms with E-state index in [9.17, 15) is 0 Å². The lowest BCUT2D eigenvalue weighted by atomic mass is 9.87. The summed E-state index contributed by atoms with van der Waals surface area (Å²) in [6.45, 7) is 29.0. The molecular weight excluding hydrogens is 1770 g/mol. The molecule has 0 heterocycles. The first-order chi connectivity index (χ1) is 71.6. The zero-order valence-electron chi connectivity index (χ0n) is 85.9. The van der Waals surface area contributed by atoms with Crippen molar-refractivity contribution in [1.29, 1.82) is 0 Å². The first-order valence-corrected chi connectivity index (χ1v) is 51.6. The molecule has 4 nitrogen and oxygen atoms in total. The quantitative estimate of drug-likeness (QED) is 0.0665. The van der Waals surface area contributed by atoms with Crippen molar-refractivity contribution in [3.8, 4) is 89.0 Å². The average molecular weight is 1890 g/mol. The van der Waals surface area contributed by atoms with Crippen molar-refractivity contribution in [3.63, 3.8) is 0 Å². The Hall–Kier alpha value is -17.4. The third kappa shape index (κ3) is 18.2. The van der Waals surface area contributed by atoms with Crippen molar-refractivity contribution >= 4 is 133 Å². The van der Waals surface area contributed by atoms with Crippen LogP contribution in [0.25, 0.3) is 154 Å². The molecule has 24 aromatic carbocycles. The predicted molar refractivity (Wildman–Crippen MR) is 633 cm³/mol. The van der Waals surface area contributed by atoms with Gasteiger partial charge in [0.05, 0.1) is 34.1 Å². The topological polar surface area (TPSA) is 13.0 Å². The molecule has 0 aliphatic carbocycles. The Labute approximate surface area is 865 Å². The highest BCUT2D eigenvalue weighted by Crippen LogP contribution is 2.55. The molecule has 0 unspecified atom stereocenters. The van der Waals surface area contributed by atoms with Gasteiger partial charge in [0.15, 0.2) is 0 Å². The minimum Gasteiger partial charge on any atom is -0.310 e. The summed E-state index contributed by atoms with van der Waals surface area (Å²) >= 11 is 0. The molecule has 0 spiro atoms. The van der Waals surface area contributed by atoms with Crippen LogP contribution in [0.15, 0.2) is 473 Å². The van der Waals surface area contributed by atoms with Crippen LogP contribution in [-0.4, -0.2) is 0 Å². The van der Waals surface area contributed by atoms with Gasteiger partial charge in [-0.1, -0.05) is 409 Å². The van der Waals surface area contributed by atoms with Crippen LogP contribution in [0.3, 0.4) is 0 Å². The van der Waals surface area contributed by atoms with Crippen LogP contribution in [0, 0.1) is 55.4 Å². The van der Waals surface area contributed by atoms with E-state index in [2.05, 4.69) is 583 Å². The minimum atomic E-state index is 0.00928. The van der Waals surface area contributed by atoms with Gasteiger partial charge in [0.25, 0.3) is 0 Å². The van der Waals surface area contributed by atoms with E-state index in [1.807, 2.05) is 0 Å². The maximum Gasteiger partial charge on any atom is 0.0540 e. The van der Waals surface area contributed by atoms with Gasteiger partial charge >= 0.3 is 0 Å². The normalized spacial score (nSPS) is 11.6. The Morgan fingerprint density at radius 3 is 0.633 bits per heavy atom. The second-order valence-electron chi connectivity index (χ2n) is 41.6. The second kappa shape index (κ2) is 39.0. The lowest BCUT2D eigenvalue weighted by Crippen LogP contribution is -2.14. The van der Waals surface area contributed by atoms with Gasteiger partial charge < -0.3 is 19.6 Å². The number of anilines is 12. The highest BCUT2D eigenvalue weighted by Gasteiger charge is 2.30. The maximum absolute atomic E-state index is 2.53. The summed E-state index contributed by atoms with van der Waals surface area (Å²) in [6.07, 6.45) is 0. The van der Waals surface area contributed by atoms with Crippen molar-refractivity contribution in [2.45, 2.75) is 101 Å². The lowest BCUT2D eigenvalue weighted by Gasteiger charge is -2.32. The molecule has 0 saturated heterocycles. The third-order valence-electron chi connectivity index (χ3n) is 30.0. The summed E-state index contributed by atoms with van der Waals surface area (Å²) in [5.41, 5.74) is 45.0. The fourth-order valence-corrected chi connectivity index (χ4v) is 22.2. The number of benzene rings is 24. The van der Waals surface area contributed by atoms with Gasteiger partial charge in [-0.25, -0.2) is 0 Å². The first-order valence-electron chi connectivity index (χ1n) is 51.6. The number of nitrogens with zero attached hydrogens (tertiary/aromatic N) is 4. The molecule has 710 valence electrons. The fourth-order valence-electron chi connectivity index (χ4n) is 22.2. The monoisotopic (exact) mass is 1890 g/mol. The molecule has 24 rings (SSSR count). The summed E-state index contributed by atoms with van der Waals surface area (Å²) in [7, 11) is 0. The molecule has 0 aliphatic heterocycles. The van der Waals surface area contributed by atoms with Crippen molar-refractivity contribution in [2.24, 2.45) is 0 Å². The van der Waals surface area contributed by atoms with Crippen LogP contribution in [0.4, 0.5) is 68.2 Å². The lowest BCUT2D eigenvalue weighted by molar-refractivity contribution is 0.590. The van der Waals surface area contributed by atoms with E-state index in [1.54, 1.807) is 0 Å². The second-order valence-corrected chi connectivity index (χ2v) is 41.6. The number of para-hydroxylation sites is 2. The fraction of sp³-hybridized carbons (Fsp3) is 0.105. The molecule has 0 radical (unpaired) electrons. The van der Waals surface area contributed by atoms with Gasteiger partial charge in [-0.15, -0.1) is 0 Å². The van der Waals surface area contributed by atoms with Crippen molar-refractivity contribution < 1.29 is 0 Å². The molecule has 0 fully saturated rings. The third-order valence-corrected chi connectivity index (χ3v) is 30.0. The minimum absolute atomic E-state index is 0.00928. The van der Waals surface area contributed by atoms with Gasteiger partial charge in [-0.3, -0.25) is 0 Å². The van der Waals surface area contributed by atoms with Crippen molar-refractivity contribution in [1.82, 2.24) is 0 Å². The number of aryl methyl sites for hydroxylation is 8. The molecule has 0 aromatic heterocycles. The summed E-state index contributed by atoms with van der Waals surface area (Å²) in [5.74, 6) is 0.414. The maximum atomic E-state index is 2.53. The molecular formula is C143H118N4. The Morgan fingerprint density at radius 1 is 0.177 bits per heavy atom. The zero-order chi connectivity index (χ0) is 100. The standard InChI is InChI=1S/C73H62N2.C70H56N2/c1-48(2)51-26-34-63(35-27-51)74(65-44-58(52-14-10-8-11-15-52)42-60(46-65)54-22-18-49(3)19-23-54)69-40-30-56-29-39-68-70(41-31-57-28-38-67(69)71(56)72(57)68)75(64-36-32-62(33-37-64)73(5,6)7)66-45-59(53-16-12-9-13-17-53)43-61(47-66)55-24-20-50(4)21-25-55;1-45-23-27-53(28-24-45)59-39-57(51-19-9-7-10-20-51)41-61(43-59)71(69-47(3)15-13-16-48(69)4)65-37-33-55-32-36-64-66(38-34-56-31-35-63(65)67(55)68(56)64)72(70-49(5)17-14-18-50(70)6)62-42-58(52-21-11-8-12-22-52)40-60(44-62)54-29-25-46(2)26-30-54/h8-48H,1-7H3;7-44H,1-6H3. The van der Waals surface area contributed by atoms with Gasteiger partial charge in [-0.2, -0.15) is 0 Å². The van der Waals surface area contributed by atoms with Crippen LogP contribution in [0.5, 0.6) is 0 Å². The Morgan fingerprint density at radius 2 is 0.395 bits per heavy atom. The van der Waals surface area contributed by atoms with E-state index in [4.69, 9.17) is 0 Å². The molecule has 147 heavy (non-hydrogen) atoms. The molecule has 24 aromatic rings. The van der Waals surface area contributed by atoms with Gasteiger partial charge in [0, 0.05) is 55.7 Å². The summed E-state index contributed by atoms with van der Waals surface area (Å²) in [4.78, 5) is 10.1. The number of hydrogen-bond acceptors (Lipinski definition) is 4. The molecule has 0 atom stereocenters. The van der Waals surface area contributed by atoms with Crippen LogP contribution in [-0.2, 0) is 5.41 Å². The van der Waals surface area contributed by atoms with Gasteiger partial charge in [0.1, 0.15) is 0 Å². The smallest absolute Gasteiger partial charge is 0.0540 e.